The van der Waals surface area contributed by atoms with E-state index in [0.29, 0.717) is 44.4 Å². The number of hydrogen-bond donors (Lipinski definition) is 2. The van der Waals surface area contributed by atoms with E-state index in [1.807, 2.05) is 19.1 Å². The Kier molecular flexibility index (Phi) is 9.06. The molecular formula is C28H29Cl2FN6O2. The summed E-state index contributed by atoms with van der Waals surface area (Å²) in [5, 5.41) is 11.9. The summed E-state index contributed by atoms with van der Waals surface area (Å²) < 4.78 is 26.8. The van der Waals surface area contributed by atoms with Crippen molar-refractivity contribution >= 4 is 46.0 Å². The van der Waals surface area contributed by atoms with Gasteiger partial charge in [0.1, 0.15) is 17.5 Å². The molecule has 39 heavy (non-hydrogen) atoms. The molecule has 11 heteroatoms. The number of nitrogens with zero attached hydrogens (tertiary/aromatic N) is 4. The highest BCUT2D eigenvalue weighted by molar-refractivity contribution is 6.35. The second kappa shape index (κ2) is 12.8. The maximum atomic E-state index is 15.3. The first-order valence-electron chi connectivity index (χ1n) is 12.7. The highest BCUT2D eigenvalue weighted by atomic mass is 35.5. The standard InChI is InChI=1S/C28H29Cl2FN6O2/c1-18(27-23(29)16-33-17-24(27)30)39-21-4-5-26-22(13-21)28(36-35-26)25(31)12-19-2-3-20(34-14-19)15-32-6-7-37-8-10-38-11-9-37/h2-5,12-14,16-18,32H,6-11,15H2,1H3,(H,35,36)/b25-12-. The lowest BCUT2D eigenvalue weighted by atomic mass is 10.1. The van der Waals surface area contributed by atoms with Crippen LogP contribution in [-0.2, 0) is 11.3 Å². The molecular weight excluding hydrogens is 542 g/mol. The normalized spacial score (nSPS) is 15.5. The first-order chi connectivity index (χ1) is 19.0. The number of nitrogens with one attached hydrogen (secondary N) is 2. The van der Waals surface area contributed by atoms with Gasteiger partial charge in [0.2, 0.25) is 0 Å². The minimum Gasteiger partial charge on any atom is -0.486 e. The second-order valence-electron chi connectivity index (χ2n) is 9.26. The molecule has 0 bridgehead atoms. The van der Waals surface area contributed by atoms with Crippen molar-refractivity contribution in [1.29, 1.82) is 0 Å². The summed E-state index contributed by atoms with van der Waals surface area (Å²) in [7, 11) is 0. The first-order valence-corrected chi connectivity index (χ1v) is 13.5. The molecule has 1 aliphatic heterocycles. The monoisotopic (exact) mass is 570 g/mol. The van der Waals surface area contributed by atoms with Crippen molar-refractivity contribution in [3.8, 4) is 5.75 Å². The number of rotatable bonds is 10. The van der Waals surface area contributed by atoms with Gasteiger partial charge in [0.25, 0.3) is 0 Å². The van der Waals surface area contributed by atoms with Gasteiger partial charge in [-0.25, -0.2) is 4.39 Å². The number of morpholine rings is 1. The van der Waals surface area contributed by atoms with Crippen molar-refractivity contribution in [2.45, 2.75) is 19.6 Å². The van der Waals surface area contributed by atoms with E-state index < -0.39 is 11.9 Å². The van der Waals surface area contributed by atoms with Crippen molar-refractivity contribution in [2.75, 3.05) is 39.4 Å². The van der Waals surface area contributed by atoms with Gasteiger partial charge in [-0.2, -0.15) is 5.10 Å². The van der Waals surface area contributed by atoms with E-state index in [9.17, 15) is 0 Å². The van der Waals surface area contributed by atoms with E-state index in [-0.39, 0.29) is 5.69 Å². The SMILES string of the molecule is CC(Oc1ccc2[nH]nc(/C(F)=C/c3ccc(CNCCN4CCOCC4)nc3)c2c1)c1c(Cl)cncc1Cl. The molecule has 4 heterocycles. The lowest BCUT2D eigenvalue weighted by Gasteiger charge is -2.26. The third-order valence-electron chi connectivity index (χ3n) is 6.53. The zero-order valence-corrected chi connectivity index (χ0v) is 23.0. The molecule has 0 radical (unpaired) electrons. The van der Waals surface area contributed by atoms with Crippen molar-refractivity contribution in [2.24, 2.45) is 0 Å². The van der Waals surface area contributed by atoms with Crippen molar-refractivity contribution in [1.82, 2.24) is 30.4 Å². The number of fused-ring (bicyclic) bond motifs is 1. The molecule has 0 spiro atoms. The average molecular weight is 571 g/mol. The molecule has 2 N–H and O–H groups in total. The first kappa shape index (κ1) is 27.5. The lowest BCUT2D eigenvalue weighted by molar-refractivity contribution is 0.0384. The number of halogens is 3. The summed E-state index contributed by atoms with van der Waals surface area (Å²) in [6.07, 6.45) is 5.67. The fourth-order valence-electron chi connectivity index (χ4n) is 4.44. The van der Waals surface area contributed by atoms with E-state index in [0.717, 1.165) is 45.1 Å². The Morgan fingerprint density at radius 3 is 2.72 bits per heavy atom. The highest BCUT2D eigenvalue weighted by Gasteiger charge is 2.18. The van der Waals surface area contributed by atoms with E-state index in [1.165, 1.54) is 18.5 Å². The predicted molar refractivity (Wildman–Crippen MR) is 152 cm³/mol. The van der Waals surface area contributed by atoms with Gasteiger partial charge in [-0.3, -0.25) is 20.0 Å². The van der Waals surface area contributed by atoms with Gasteiger partial charge in [0.05, 0.1) is 34.5 Å². The highest BCUT2D eigenvalue weighted by Crippen LogP contribution is 2.34. The molecule has 1 fully saturated rings. The van der Waals surface area contributed by atoms with Gasteiger partial charge in [-0.1, -0.05) is 29.3 Å². The van der Waals surface area contributed by atoms with E-state index in [1.54, 1.807) is 24.4 Å². The summed E-state index contributed by atoms with van der Waals surface area (Å²) in [6, 6.07) is 9.05. The molecule has 1 saturated heterocycles. The summed E-state index contributed by atoms with van der Waals surface area (Å²) in [5.74, 6) is 0.0476. The molecule has 1 atom stereocenters. The Bertz CT molecular complexity index is 1420. The maximum absolute atomic E-state index is 15.3. The van der Waals surface area contributed by atoms with Gasteiger partial charge in [0.15, 0.2) is 5.83 Å². The molecule has 1 aromatic carbocycles. The second-order valence-corrected chi connectivity index (χ2v) is 10.1. The van der Waals surface area contributed by atoms with Crippen LogP contribution in [0.5, 0.6) is 5.75 Å². The van der Waals surface area contributed by atoms with Gasteiger partial charge in [0, 0.05) is 62.3 Å². The smallest absolute Gasteiger partial charge is 0.151 e. The number of H-pyrrole nitrogens is 1. The van der Waals surface area contributed by atoms with Crippen LogP contribution in [0.3, 0.4) is 0 Å². The molecule has 8 nitrogen and oxygen atoms in total. The number of aromatic amines is 1. The zero-order valence-electron chi connectivity index (χ0n) is 21.5. The number of benzene rings is 1. The summed E-state index contributed by atoms with van der Waals surface area (Å²) in [6.45, 7) is 7.88. The molecule has 204 valence electrons. The third kappa shape index (κ3) is 6.93. The Morgan fingerprint density at radius 2 is 1.97 bits per heavy atom. The van der Waals surface area contributed by atoms with Crippen LogP contribution in [0.15, 0.2) is 48.9 Å². The van der Waals surface area contributed by atoms with Gasteiger partial charge < -0.3 is 14.8 Å². The van der Waals surface area contributed by atoms with Crippen LogP contribution in [-0.4, -0.2) is 64.5 Å². The fraction of sp³-hybridized carbons (Fsp3) is 0.321. The minimum absolute atomic E-state index is 0.192. The molecule has 3 aromatic heterocycles. The van der Waals surface area contributed by atoms with Gasteiger partial charge in [-0.15, -0.1) is 0 Å². The molecule has 0 aliphatic carbocycles. The number of ether oxygens (including phenoxy) is 2. The third-order valence-corrected chi connectivity index (χ3v) is 7.13. The number of pyridine rings is 2. The van der Waals surface area contributed by atoms with Crippen molar-refractivity contribution in [3.63, 3.8) is 0 Å². The Morgan fingerprint density at radius 1 is 1.18 bits per heavy atom. The number of hydrogen-bond acceptors (Lipinski definition) is 7. The molecule has 1 aliphatic rings. The topological polar surface area (TPSA) is 88.2 Å². The van der Waals surface area contributed by atoms with Gasteiger partial charge >= 0.3 is 0 Å². The van der Waals surface area contributed by atoms with Crippen LogP contribution in [0.4, 0.5) is 4.39 Å². The molecule has 0 saturated carbocycles. The lowest BCUT2D eigenvalue weighted by Crippen LogP contribution is -2.40. The molecule has 5 rings (SSSR count). The maximum Gasteiger partial charge on any atom is 0.151 e. The van der Waals surface area contributed by atoms with E-state index >= 15 is 4.39 Å². The van der Waals surface area contributed by atoms with Crippen LogP contribution in [0, 0.1) is 0 Å². The zero-order chi connectivity index (χ0) is 27.2. The van der Waals surface area contributed by atoms with Gasteiger partial charge in [-0.05, 0) is 42.8 Å². The molecule has 1 unspecified atom stereocenters. The van der Waals surface area contributed by atoms with Crippen LogP contribution in [0.2, 0.25) is 10.0 Å². The quantitative estimate of drug-likeness (QED) is 0.237. The molecule has 0 amide bonds. The van der Waals surface area contributed by atoms with Crippen LogP contribution in [0.1, 0.15) is 35.5 Å². The summed E-state index contributed by atoms with van der Waals surface area (Å²) >= 11 is 12.5. The summed E-state index contributed by atoms with van der Waals surface area (Å²) in [4.78, 5) is 10.8. The average Bonchev–Trinajstić information content (AvgIpc) is 3.36. The van der Waals surface area contributed by atoms with Crippen LogP contribution in [0.25, 0.3) is 22.8 Å². The minimum atomic E-state index is -0.482. The Hall–Kier alpha value is -3.08. The molecule has 4 aromatic rings. The van der Waals surface area contributed by atoms with Crippen molar-refractivity contribution in [3.05, 3.63) is 81.5 Å². The predicted octanol–water partition coefficient (Wildman–Crippen LogP) is 5.69. The Labute approximate surface area is 236 Å². The Balaban J connectivity index is 1.23. The van der Waals surface area contributed by atoms with E-state index in [4.69, 9.17) is 32.7 Å². The van der Waals surface area contributed by atoms with Crippen molar-refractivity contribution < 1.29 is 13.9 Å². The van der Waals surface area contributed by atoms with E-state index in [2.05, 4.69) is 30.4 Å². The van der Waals surface area contributed by atoms with Crippen LogP contribution >= 0.6 is 23.2 Å². The largest absolute Gasteiger partial charge is 0.486 e. The number of aromatic nitrogens is 4. The fourth-order valence-corrected chi connectivity index (χ4v) is 5.11. The van der Waals surface area contributed by atoms with Crippen LogP contribution < -0.4 is 10.1 Å². The summed E-state index contributed by atoms with van der Waals surface area (Å²) in [5.41, 5.74) is 3.05.